The molecule has 110 valence electrons. The SMILES string of the molecule is CN(c1ccc(F)cc1)c1cnc(Nc2ccccc2)nc1. The molecule has 0 fully saturated rings. The van der Waals surface area contributed by atoms with Gasteiger partial charge in [0.05, 0.1) is 18.1 Å². The van der Waals surface area contributed by atoms with E-state index in [0.29, 0.717) is 5.95 Å². The van der Waals surface area contributed by atoms with Crippen molar-refractivity contribution in [2.24, 2.45) is 0 Å². The summed E-state index contributed by atoms with van der Waals surface area (Å²) < 4.78 is 13.0. The van der Waals surface area contributed by atoms with Gasteiger partial charge in [0.2, 0.25) is 5.95 Å². The molecule has 0 saturated heterocycles. The van der Waals surface area contributed by atoms with Gasteiger partial charge in [-0.15, -0.1) is 0 Å². The molecule has 5 heteroatoms. The topological polar surface area (TPSA) is 41.1 Å². The lowest BCUT2D eigenvalue weighted by Crippen LogP contribution is -2.10. The highest BCUT2D eigenvalue weighted by atomic mass is 19.1. The van der Waals surface area contributed by atoms with Crippen LogP contribution in [-0.4, -0.2) is 17.0 Å². The highest BCUT2D eigenvalue weighted by Crippen LogP contribution is 2.23. The number of hydrogen-bond acceptors (Lipinski definition) is 4. The molecular weight excluding hydrogens is 279 g/mol. The van der Waals surface area contributed by atoms with Crippen LogP contribution >= 0.6 is 0 Å². The Labute approximate surface area is 128 Å². The lowest BCUT2D eigenvalue weighted by Gasteiger charge is -2.18. The van der Waals surface area contributed by atoms with E-state index in [2.05, 4.69) is 15.3 Å². The Hall–Kier alpha value is -2.95. The molecule has 1 heterocycles. The third kappa shape index (κ3) is 3.20. The van der Waals surface area contributed by atoms with Gasteiger partial charge in [-0.1, -0.05) is 18.2 Å². The molecule has 0 saturated carbocycles. The number of nitrogens with one attached hydrogen (secondary N) is 1. The second-order valence-corrected chi connectivity index (χ2v) is 4.79. The molecule has 4 nitrogen and oxygen atoms in total. The van der Waals surface area contributed by atoms with E-state index in [-0.39, 0.29) is 5.82 Å². The Morgan fingerprint density at radius 1 is 0.864 bits per heavy atom. The van der Waals surface area contributed by atoms with Crippen LogP contribution in [0.3, 0.4) is 0 Å². The van der Waals surface area contributed by atoms with Gasteiger partial charge >= 0.3 is 0 Å². The predicted molar refractivity (Wildman–Crippen MR) is 86.2 cm³/mol. The molecule has 0 bridgehead atoms. The Morgan fingerprint density at radius 3 is 2.14 bits per heavy atom. The van der Waals surface area contributed by atoms with Crippen LogP contribution in [0.5, 0.6) is 0 Å². The quantitative estimate of drug-likeness (QED) is 0.785. The van der Waals surface area contributed by atoms with E-state index in [1.807, 2.05) is 42.3 Å². The van der Waals surface area contributed by atoms with Crippen molar-refractivity contribution in [2.45, 2.75) is 0 Å². The largest absolute Gasteiger partial charge is 0.342 e. The summed E-state index contributed by atoms with van der Waals surface area (Å²) in [6, 6.07) is 16.0. The first-order valence-electron chi connectivity index (χ1n) is 6.86. The van der Waals surface area contributed by atoms with Crippen molar-refractivity contribution in [3.05, 3.63) is 72.8 Å². The first-order chi connectivity index (χ1) is 10.7. The zero-order valence-corrected chi connectivity index (χ0v) is 12.1. The fourth-order valence-electron chi connectivity index (χ4n) is 2.02. The molecule has 0 unspecified atom stereocenters. The Kier molecular flexibility index (Phi) is 3.96. The number of halogens is 1. The van der Waals surface area contributed by atoms with E-state index in [9.17, 15) is 4.39 Å². The Balaban J connectivity index is 1.75. The molecule has 0 atom stereocenters. The zero-order chi connectivity index (χ0) is 15.4. The molecule has 0 spiro atoms. The van der Waals surface area contributed by atoms with Gasteiger partial charge in [-0.2, -0.15) is 0 Å². The maximum Gasteiger partial charge on any atom is 0.227 e. The molecule has 0 aliphatic rings. The van der Waals surface area contributed by atoms with Gasteiger partial charge in [0.15, 0.2) is 0 Å². The average Bonchev–Trinajstić information content (AvgIpc) is 2.57. The van der Waals surface area contributed by atoms with E-state index in [4.69, 9.17) is 0 Å². The summed E-state index contributed by atoms with van der Waals surface area (Å²) >= 11 is 0. The predicted octanol–water partition coefficient (Wildman–Crippen LogP) is 4.13. The van der Waals surface area contributed by atoms with Crippen molar-refractivity contribution in [3.8, 4) is 0 Å². The minimum absolute atomic E-state index is 0.254. The van der Waals surface area contributed by atoms with Crippen LogP contribution < -0.4 is 10.2 Å². The van der Waals surface area contributed by atoms with Crippen LogP contribution in [0.4, 0.5) is 27.4 Å². The fraction of sp³-hybridized carbons (Fsp3) is 0.0588. The van der Waals surface area contributed by atoms with E-state index in [1.54, 1.807) is 24.5 Å². The van der Waals surface area contributed by atoms with Crippen LogP contribution in [0.15, 0.2) is 67.0 Å². The maximum atomic E-state index is 13.0. The minimum atomic E-state index is -0.254. The second kappa shape index (κ2) is 6.22. The number of rotatable bonds is 4. The number of hydrogen-bond donors (Lipinski definition) is 1. The van der Waals surface area contributed by atoms with Crippen molar-refractivity contribution < 1.29 is 4.39 Å². The average molecular weight is 294 g/mol. The Bertz CT molecular complexity index is 727. The van der Waals surface area contributed by atoms with E-state index in [0.717, 1.165) is 17.1 Å². The van der Waals surface area contributed by atoms with Crippen molar-refractivity contribution >= 4 is 23.0 Å². The van der Waals surface area contributed by atoms with Crippen molar-refractivity contribution in [1.82, 2.24) is 9.97 Å². The van der Waals surface area contributed by atoms with Gasteiger partial charge in [0.25, 0.3) is 0 Å². The normalized spacial score (nSPS) is 10.3. The van der Waals surface area contributed by atoms with Gasteiger partial charge in [0.1, 0.15) is 5.82 Å². The lowest BCUT2D eigenvalue weighted by atomic mass is 10.3. The van der Waals surface area contributed by atoms with E-state index in [1.165, 1.54) is 12.1 Å². The summed E-state index contributed by atoms with van der Waals surface area (Å²) in [7, 11) is 1.89. The second-order valence-electron chi connectivity index (χ2n) is 4.79. The first-order valence-corrected chi connectivity index (χ1v) is 6.86. The van der Waals surface area contributed by atoms with Crippen LogP contribution in [0.1, 0.15) is 0 Å². The van der Waals surface area contributed by atoms with Gasteiger partial charge in [-0.25, -0.2) is 14.4 Å². The molecule has 1 N–H and O–H groups in total. The summed E-state index contributed by atoms with van der Waals surface area (Å²) in [5.74, 6) is 0.276. The van der Waals surface area contributed by atoms with Gasteiger partial charge in [-0.05, 0) is 36.4 Å². The first kappa shape index (κ1) is 14.0. The molecular formula is C17H15FN4. The van der Waals surface area contributed by atoms with Gasteiger partial charge < -0.3 is 10.2 Å². The van der Waals surface area contributed by atoms with E-state index < -0.39 is 0 Å². The number of nitrogens with zero attached hydrogens (tertiary/aromatic N) is 3. The molecule has 1 aromatic heterocycles. The molecule has 0 radical (unpaired) electrons. The van der Waals surface area contributed by atoms with Crippen LogP contribution in [0.2, 0.25) is 0 Å². The van der Waals surface area contributed by atoms with Gasteiger partial charge in [-0.3, -0.25) is 0 Å². The zero-order valence-electron chi connectivity index (χ0n) is 12.1. The standard InChI is InChI=1S/C17H15FN4/c1-22(15-9-7-13(18)8-10-15)16-11-19-17(20-12-16)21-14-5-3-2-4-6-14/h2-12H,1H3,(H,19,20,21). The van der Waals surface area contributed by atoms with Crippen molar-refractivity contribution in [1.29, 1.82) is 0 Å². The molecule has 3 rings (SSSR count). The van der Waals surface area contributed by atoms with E-state index >= 15 is 0 Å². The summed E-state index contributed by atoms with van der Waals surface area (Å²) in [6.45, 7) is 0. The fourth-order valence-corrected chi connectivity index (χ4v) is 2.02. The highest BCUT2D eigenvalue weighted by Gasteiger charge is 2.06. The maximum absolute atomic E-state index is 13.0. The summed E-state index contributed by atoms with van der Waals surface area (Å²) in [4.78, 5) is 10.5. The number of benzene rings is 2. The summed E-state index contributed by atoms with van der Waals surface area (Å²) in [5, 5.41) is 3.13. The van der Waals surface area contributed by atoms with Crippen LogP contribution in [0, 0.1) is 5.82 Å². The number of anilines is 4. The lowest BCUT2D eigenvalue weighted by molar-refractivity contribution is 0.628. The van der Waals surface area contributed by atoms with Crippen LogP contribution in [0.25, 0.3) is 0 Å². The van der Waals surface area contributed by atoms with Crippen molar-refractivity contribution in [3.63, 3.8) is 0 Å². The third-order valence-corrected chi connectivity index (χ3v) is 3.27. The number of aromatic nitrogens is 2. The molecule has 0 amide bonds. The van der Waals surface area contributed by atoms with Crippen molar-refractivity contribution in [2.75, 3.05) is 17.3 Å². The van der Waals surface area contributed by atoms with Gasteiger partial charge in [0, 0.05) is 18.4 Å². The molecule has 0 aliphatic heterocycles. The summed E-state index contributed by atoms with van der Waals surface area (Å²) in [5.41, 5.74) is 2.63. The Morgan fingerprint density at radius 2 is 1.50 bits per heavy atom. The molecule has 22 heavy (non-hydrogen) atoms. The van der Waals surface area contributed by atoms with Crippen LogP contribution in [-0.2, 0) is 0 Å². The minimum Gasteiger partial charge on any atom is -0.342 e. The monoisotopic (exact) mass is 294 g/mol. The molecule has 3 aromatic rings. The summed E-state index contributed by atoms with van der Waals surface area (Å²) in [6.07, 6.45) is 3.45. The molecule has 0 aliphatic carbocycles. The molecule has 2 aromatic carbocycles. The number of para-hydroxylation sites is 1. The smallest absolute Gasteiger partial charge is 0.227 e. The third-order valence-electron chi connectivity index (χ3n) is 3.27. The highest BCUT2D eigenvalue weighted by molar-refractivity contribution is 5.62.